The third-order valence-electron chi connectivity index (χ3n) is 0.973. The molecule has 58 valence electrons. The SMILES string of the molecule is CC#CCN(C#N)C(=N)SC. The highest BCUT2D eigenvalue weighted by Crippen LogP contribution is 1.99. The number of nitrogens with zero attached hydrogens (tertiary/aromatic N) is 2. The lowest BCUT2D eigenvalue weighted by Crippen LogP contribution is -2.22. The van der Waals surface area contributed by atoms with Crippen molar-refractivity contribution in [3.63, 3.8) is 0 Å². The van der Waals surface area contributed by atoms with Gasteiger partial charge in [-0.05, 0) is 13.2 Å². The van der Waals surface area contributed by atoms with Crippen LogP contribution in [-0.4, -0.2) is 22.9 Å². The predicted octanol–water partition coefficient (Wildman–Crippen LogP) is 1.09. The Kier molecular flexibility index (Phi) is 5.06. The van der Waals surface area contributed by atoms with E-state index in [9.17, 15) is 0 Å². The zero-order valence-corrected chi connectivity index (χ0v) is 7.33. The van der Waals surface area contributed by atoms with Crippen LogP contribution in [-0.2, 0) is 0 Å². The van der Waals surface area contributed by atoms with Gasteiger partial charge in [-0.2, -0.15) is 5.26 Å². The number of amidine groups is 1. The Balaban J connectivity index is 4.05. The van der Waals surface area contributed by atoms with Crippen LogP contribution in [0.15, 0.2) is 0 Å². The van der Waals surface area contributed by atoms with E-state index in [1.807, 2.05) is 6.19 Å². The predicted molar refractivity (Wildman–Crippen MR) is 47.0 cm³/mol. The number of hydrogen-bond acceptors (Lipinski definition) is 3. The second kappa shape index (κ2) is 5.64. The molecule has 1 N–H and O–H groups in total. The van der Waals surface area contributed by atoms with Gasteiger partial charge >= 0.3 is 0 Å². The summed E-state index contributed by atoms with van der Waals surface area (Å²) in [5.74, 6) is 5.38. The lowest BCUT2D eigenvalue weighted by atomic mass is 10.5. The van der Waals surface area contributed by atoms with Gasteiger partial charge in [0.05, 0.1) is 6.54 Å². The Hall–Kier alpha value is -1.13. The summed E-state index contributed by atoms with van der Waals surface area (Å²) < 4.78 is 0. The van der Waals surface area contributed by atoms with Gasteiger partial charge in [0.25, 0.3) is 0 Å². The molecule has 0 saturated heterocycles. The average molecular weight is 167 g/mol. The highest BCUT2D eigenvalue weighted by Gasteiger charge is 2.03. The largest absolute Gasteiger partial charge is 0.278 e. The van der Waals surface area contributed by atoms with Gasteiger partial charge in [-0.3, -0.25) is 5.41 Å². The molecule has 0 radical (unpaired) electrons. The van der Waals surface area contributed by atoms with Crippen molar-refractivity contribution >= 4 is 16.9 Å². The molecule has 11 heavy (non-hydrogen) atoms. The maximum atomic E-state index is 8.51. The van der Waals surface area contributed by atoms with E-state index in [2.05, 4.69) is 11.8 Å². The first-order valence-electron chi connectivity index (χ1n) is 2.95. The molecule has 0 heterocycles. The van der Waals surface area contributed by atoms with Crippen LogP contribution in [0.3, 0.4) is 0 Å². The van der Waals surface area contributed by atoms with Crippen LogP contribution in [0.5, 0.6) is 0 Å². The van der Waals surface area contributed by atoms with E-state index in [-0.39, 0.29) is 5.17 Å². The highest BCUT2D eigenvalue weighted by molar-refractivity contribution is 8.13. The minimum atomic E-state index is 0.232. The van der Waals surface area contributed by atoms with Crippen molar-refractivity contribution in [3.8, 4) is 18.0 Å². The summed E-state index contributed by atoms with van der Waals surface area (Å²) in [6.07, 6.45) is 3.63. The van der Waals surface area contributed by atoms with Crippen molar-refractivity contribution in [3.05, 3.63) is 0 Å². The van der Waals surface area contributed by atoms with Crippen molar-refractivity contribution in [2.75, 3.05) is 12.8 Å². The van der Waals surface area contributed by atoms with Crippen LogP contribution in [0.4, 0.5) is 0 Å². The zero-order valence-electron chi connectivity index (χ0n) is 6.51. The van der Waals surface area contributed by atoms with Crippen LogP contribution in [0, 0.1) is 28.7 Å². The molecule has 0 fully saturated rings. The molecule has 0 spiro atoms. The molecule has 0 aromatic carbocycles. The number of hydrogen-bond donors (Lipinski definition) is 1. The monoisotopic (exact) mass is 167 g/mol. The third kappa shape index (κ3) is 3.54. The van der Waals surface area contributed by atoms with E-state index in [1.54, 1.807) is 13.2 Å². The number of rotatable bonds is 1. The van der Waals surface area contributed by atoms with E-state index < -0.39 is 0 Å². The van der Waals surface area contributed by atoms with Crippen molar-refractivity contribution in [1.29, 1.82) is 10.7 Å². The maximum absolute atomic E-state index is 8.51. The van der Waals surface area contributed by atoms with E-state index in [0.29, 0.717) is 6.54 Å². The average Bonchev–Trinajstić information content (AvgIpc) is 2.05. The molecular formula is C7H9N3S. The van der Waals surface area contributed by atoms with Crippen molar-refractivity contribution < 1.29 is 0 Å². The summed E-state index contributed by atoms with van der Waals surface area (Å²) in [7, 11) is 0. The van der Waals surface area contributed by atoms with Crippen LogP contribution in [0.2, 0.25) is 0 Å². The van der Waals surface area contributed by atoms with Gasteiger partial charge in [0.15, 0.2) is 11.4 Å². The first kappa shape index (κ1) is 9.87. The van der Waals surface area contributed by atoms with Crippen molar-refractivity contribution in [2.45, 2.75) is 6.92 Å². The summed E-state index contributed by atoms with van der Waals surface area (Å²) in [6, 6.07) is 0. The van der Waals surface area contributed by atoms with Gasteiger partial charge in [0.1, 0.15) is 0 Å². The van der Waals surface area contributed by atoms with Gasteiger partial charge in [-0.25, -0.2) is 4.90 Å². The van der Waals surface area contributed by atoms with E-state index in [1.165, 1.54) is 16.7 Å². The molecule has 3 nitrogen and oxygen atoms in total. The summed E-state index contributed by atoms with van der Waals surface area (Å²) in [5, 5.41) is 16.0. The van der Waals surface area contributed by atoms with Gasteiger partial charge in [-0.15, -0.1) is 5.92 Å². The fourth-order valence-electron chi connectivity index (χ4n) is 0.421. The first-order chi connectivity index (χ1) is 5.26. The Morgan fingerprint density at radius 2 is 2.36 bits per heavy atom. The molecule has 0 aromatic heterocycles. The summed E-state index contributed by atoms with van der Waals surface area (Å²) >= 11 is 1.23. The molecule has 4 heteroatoms. The minimum absolute atomic E-state index is 0.232. The fourth-order valence-corrected chi connectivity index (χ4v) is 0.747. The summed E-state index contributed by atoms with van der Waals surface area (Å²) in [5.41, 5.74) is 0. The van der Waals surface area contributed by atoms with E-state index in [4.69, 9.17) is 10.7 Å². The molecular weight excluding hydrogens is 158 g/mol. The van der Waals surface area contributed by atoms with Gasteiger partial charge < -0.3 is 0 Å². The Morgan fingerprint density at radius 3 is 2.73 bits per heavy atom. The molecule has 0 unspecified atom stereocenters. The zero-order chi connectivity index (χ0) is 8.69. The smallest absolute Gasteiger partial charge is 0.186 e. The Labute approximate surface area is 70.9 Å². The standard InChI is InChI=1S/C7H9N3S/c1-3-4-5-10(6-8)7(9)11-2/h9H,5H2,1-2H3. The fraction of sp³-hybridized carbons (Fsp3) is 0.429. The third-order valence-corrected chi connectivity index (χ3v) is 1.58. The Morgan fingerprint density at radius 1 is 1.73 bits per heavy atom. The summed E-state index contributed by atoms with van der Waals surface area (Å²) in [4.78, 5) is 1.24. The highest BCUT2D eigenvalue weighted by atomic mass is 32.2. The van der Waals surface area contributed by atoms with Crippen LogP contribution < -0.4 is 0 Å². The topological polar surface area (TPSA) is 50.9 Å². The van der Waals surface area contributed by atoms with Crippen LogP contribution >= 0.6 is 11.8 Å². The molecule has 0 bridgehead atoms. The molecule has 0 aliphatic carbocycles. The number of thioether (sulfide) groups is 1. The molecule has 0 amide bonds. The minimum Gasteiger partial charge on any atom is -0.278 e. The molecule has 0 aliphatic heterocycles. The quantitative estimate of drug-likeness (QED) is 0.209. The second-order valence-corrected chi connectivity index (χ2v) is 2.42. The molecule has 0 aliphatic rings. The maximum Gasteiger partial charge on any atom is 0.186 e. The van der Waals surface area contributed by atoms with Gasteiger partial charge in [0.2, 0.25) is 0 Å². The molecule has 0 aromatic rings. The normalized spacial score (nSPS) is 7.36. The summed E-state index contributed by atoms with van der Waals surface area (Å²) in [6.45, 7) is 2.02. The van der Waals surface area contributed by atoms with E-state index in [0.717, 1.165) is 0 Å². The molecule has 0 saturated carbocycles. The van der Waals surface area contributed by atoms with Crippen molar-refractivity contribution in [1.82, 2.24) is 4.90 Å². The lowest BCUT2D eigenvalue weighted by Gasteiger charge is -2.09. The first-order valence-corrected chi connectivity index (χ1v) is 4.18. The van der Waals surface area contributed by atoms with Crippen LogP contribution in [0.1, 0.15) is 6.92 Å². The molecule has 0 rings (SSSR count). The molecule has 0 atom stereocenters. The van der Waals surface area contributed by atoms with Gasteiger partial charge in [0, 0.05) is 0 Å². The number of nitriles is 1. The second-order valence-electron chi connectivity index (χ2n) is 1.62. The number of nitrogens with one attached hydrogen (secondary N) is 1. The van der Waals surface area contributed by atoms with Crippen molar-refractivity contribution in [2.24, 2.45) is 0 Å². The van der Waals surface area contributed by atoms with Crippen LogP contribution in [0.25, 0.3) is 0 Å². The lowest BCUT2D eigenvalue weighted by molar-refractivity contribution is 0.663. The van der Waals surface area contributed by atoms with E-state index >= 15 is 0 Å². The van der Waals surface area contributed by atoms with Gasteiger partial charge in [-0.1, -0.05) is 17.7 Å². The Bertz CT molecular complexity index is 230.